The maximum absolute atomic E-state index is 13.4. The van der Waals surface area contributed by atoms with E-state index in [1.165, 1.54) is 25.0 Å². The van der Waals surface area contributed by atoms with Crippen LogP contribution in [0.3, 0.4) is 0 Å². The highest BCUT2D eigenvalue weighted by atomic mass is 32.2. The van der Waals surface area contributed by atoms with E-state index in [0.717, 1.165) is 23.6 Å². The second-order valence-corrected chi connectivity index (χ2v) is 9.67. The number of hydrogen-bond acceptors (Lipinski definition) is 5. The second kappa shape index (κ2) is 8.93. The molecule has 0 bridgehead atoms. The Hall–Kier alpha value is -2.77. The van der Waals surface area contributed by atoms with E-state index < -0.39 is 9.84 Å². The molecule has 2 N–H and O–H groups in total. The summed E-state index contributed by atoms with van der Waals surface area (Å²) in [6.07, 6.45) is 4.14. The molecule has 1 aromatic heterocycles. The van der Waals surface area contributed by atoms with E-state index in [2.05, 4.69) is 15.6 Å². The largest absolute Gasteiger partial charge is 0.340 e. The zero-order chi connectivity index (χ0) is 21.0. The number of nitrogens with one attached hydrogen (secondary N) is 2. The normalized spacial score (nSPS) is 13.9. The minimum Gasteiger partial charge on any atom is -0.340 e. The van der Waals surface area contributed by atoms with Crippen LogP contribution in [-0.4, -0.2) is 32.2 Å². The van der Waals surface area contributed by atoms with Gasteiger partial charge in [-0.25, -0.2) is 17.8 Å². The van der Waals surface area contributed by atoms with Gasteiger partial charge in [0.05, 0.1) is 10.6 Å². The van der Waals surface area contributed by atoms with Crippen molar-refractivity contribution in [2.24, 2.45) is 5.92 Å². The van der Waals surface area contributed by atoms with Crippen molar-refractivity contribution in [3.8, 4) is 11.1 Å². The molecule has 0 unspecified atom stereocenters. The molecule has 1 fully saturated rings. The van der Waals surface area contributed by atoms with Crippen LogP contribution in [0, 0.1) is 11.7 Å². The van der Waals surface area contributed by atoms with Crippen molar-refractivity contribution in [3.63, 3.8) is 0 Å². The molecule has 5 nitrogen and oxygen atoms in total. The van der Waals surface area contributed by atoms with Gasteiger partial charge in [0, 0.05) is 24.0 Å². The maximum atomic E-state index is 13.4. The summed E-state index contributed by atoms with van der Waals surface area (Å²) >= 11 is 0. The number of aromatic nitrogens is 1. The van der Waals surface area contributed by atoms with Crippen LogP contribution in [0.2, 0.25) is 0 Å². The molecule has 1 aliphatic carbocycles. The summed E-state index contributed by atoms with van der Waals surface area (Å²) in [5.41, 5.74) is 2.19. The maximum Gasteiger partial charge on any atom is 0.179 e. The van der Waals surface area contributed by atoms with Gasteiger partial charge in [0.1, 0.15) is 11.6 Å². The molecular formula is C23H24FN3O2S. The molecule has 0 amide bonds. The fourth-order valence-electron chi connectivity index (χ4n) is 3.17. The van der Waals surface area contributed by atoms with Crippen molar-refractivity contribution in [1.29, 1.82) is 0 Å². The Morgan fingerprint density at radius 1 is 1.00 bits per heavy atom. The summed E-state index contributed by atoms with van der Waals surface area (Å²) in [5.74, 6) is 1.08. The van der Waals surface area contributed by atoms with Gasteiger partial charge in [-0.1, -0.05) is 18.2 Å². The Morgan fingerprint density at radius 3 is 2.57 bits per heavy atom. The van der Waals surface area contributed by atoms with Crippen molar-refractivity contribution >= 4 is 21.3 Å². The monoisotopic (exact) mass is 425 g/mol. The minimum atomic E-state index is -3.36. The summed E-state index contributed by atoms with van der Waals surface area (Å²) in [5, 5.41) is 6.35. The van der Waals surface area contributed by atoms with Gasteiger partial charge in [-0.3, -0.25) is 0 Å². The summed E-state index contributed by atoms with van der Waals surface area (Å²) < 4.78 is 38.6. The number of pyridine rings is 1. The molecule has 0 atom stereocenters. The third-order valence-corrected chi connectivity index (χ3v) is 6.78. The fraction of sp³-hybridized carbons (Fsp3) is 0.261. The summed E-state index contributed by atoms with van der Waals surface area (Å²) in [6, 6.07) is 16.7. The molecule has 0 spiro atoms. The van der Waals surface area contributed by atoms with E-state index in [4.69, 9.17) is 0 Å². The first-order valence-corrected chi connectivity index (χ1v) is 11.7. The first-order chi connectivity index (χ1) is 14.5. The van der Waals surface area contributed by atoms with Crippen LogP contribution in [0.5, 0.6) is 0 Å². The fourth-order valence-corrected chi connectivity index (χ4v) is 4.42. The molecule has 2 aromatic carbocycles. The molecule has 3 aromatic rings. The van der Waals surface area contributed by atoms with Crippen LogP contribution in [0.1, 0.15) is 12.8 Å². The van der Waals surface area contributed by atoms with Crippen molar-refractivity contribution in [2.75, 3.05) is 24.2 Å². The molecule has 1 aliphatic rings. The van der Waals surface area contributed by atoms with Crippen LogP contribution in [0.15, 0.2) is 71.8 Å². The van der Waals surface area contributed by atoms with Crippen LogP contribution in [-0.2, 0) is 9.84 Å². The number of sulfone groups is 1. The zero-order valence-corrected chi connectivity index (χ0v) is 17.3. The topological polar surface area (TPSA) is 71.1 Å². The van der Waals surface area contributed by atoms with E-state index in [9.17, 15) is 12.8 Å². The van der Waals surface area contributed by atoms with E-state index in [1.54, 1.807) is 42.6 Å². The lowest BCUT2D eigenvalue weighted by atomic mass is 10.1. The number of halogens is 1. The molecule has 7 heteroatoms. The third kappa shape index (κ3) is 5.43. The van der Waals surface area contributed by atoms with Crippen LogP contribution in [0.25, 0.3) is 11.1 Å². The Labute approximate surface area is 176 Å². The zero-order valence-electron chi connectivity index (χ0n) is 16.5. The smallest absolute Gasteiger partial charge is 0.179 e. The van der Waals surface area contributed by atoms with E-state index in [1.807, 2.05) is 12.1 Å². The lowest BCUT2D eigenvalue weighted by Gasteiger charge is -2.10. The van der Waals surface area contributed by atoms with E-state index in [0.29, 0.717) is 18.1 Å². The Morgan fingerprint density at radius 2 is 1.83 bits per heavy atom. The molecule has 1 heterocycles. The standard InChI is InChI=1S/C23H24FN3O2S/c24-20-4-1-3-18(13-20)19-9-10-23(26-16-19)27-21-5-2-6-22(14-21)30(28,29)12-11-25-15-17-7-8-17/h1-6,9-10,13-14,16-17,25H,7-8,11-12,15H2,(H,26,27). The van der Waals surface area contributed by atoms with Crippen LogP contribution in [0.4, 0.5) is 15.9 Å². The lowest BCUT2D eigenvalue weighted by Crippen LogP contribution is -2.24. The molecule has 156 valence electrons. The Balaban J connectivity index is 1.41. The Bertz CT molecular complexity index is 1110. The SMILES string of the molecule is O=S(=O)(CCNCC1CC1)c1cccc(Nc2ccc(-c3cccc(F)c3)cn2)c1. The van der Waals surface area contributed by atoms with Crippen molar-refractivity contribution < 1.29 is 12.8 Å². The van der Waals surface area contributed by atoms with Gasteiger partial charge >= 0.3 is 0 Å². The highest BCUT2D eigenvalue weighted by molar-refractivity contribution is 7.91. The second-order valence-electron chi connectivity index (χ2n) is 7.56. The van der Waals surface area contributed by atoms with Gasteiger partial charge in [-0.15, -0.1) is 0 Å². The molecule has 30 heavy (non-hydrogen) atoms. The average Bonchev–Trinajstić information content (AvgIpc) is 3.57. The average molecular weight is 426 g/mol. The van der Waals surface area contributed by atoms with Gasteiger partial charge in [0.15, 0.2) is 9.84 Å². The minimum absolute atomic E-state index is 0.0732. The van der Waals surface area contributed by atoms with Crippen molar-refractivity contribution in [2.45, 2.75) is 17.7 Å². The van der Waals surface area contributed by atoms with Crippen molar-refractivity contribution in [1.82, 2.24) is 10.3 Å². The summed E-state index contributed by atoms with van der Waals surface area (Å²) in [4.78, 5) is 4.65. The number of nitrogens with zero attached hydrogens (tertiary/aromatic N) is 1. The highest BCUT2D eigenvalue weighted by Gasteiger charge is 2.21. The summed E-state index contributed by atoms with van der Waals surface area (Å²) in [7, 11) is -3.36. The molecule has 0 aliphatic heterocycles. The third-order valence-electron chi connectivity index (χ3n) is 5.06. The predicted molar refractivity (Wildman–Crippen MR) is 117 cm³/mol. The van der Waals surface area contributed by atoms with E-state index in [-0.39, 0.29) is 16.5 Å². The van der Waals surface area contributed by atoms with Gasteiger partial charge in [-0.05, 0) is 73.3 Å². The van der Waals surface area contributed by atoms with Gasteiger partial charge in [0.25, 0.3) is 0 Å². The van der Waals surface area contributed by atoms with E-state index >= 15 is 0 Å². The number of anilines is 2. The predicted octanol–water partition coefficient (Wildman–Crippen LogP) is 4.40. The first-order valence-electron chi connectivity index (χ1n) is 10.0. The van der Waals surface area contributed by atoms with Crippen molar-refractivity contribution in [3.05, 3.63) is 72.7 Å². The molecule has 4 rings (SSSR count). The van der Waals surface area contributed by atoms with Gasteiger partial charge in [0.2, 0.25) is 0 Å². The number of hydrogen-bond donors (Lipinski definition) is 2. The molecular weight excluding hydrogens is 401 g/mol. The Kier molecular flexibility index (Phi) is 6.11. The highest BCUT2D eigenvalue weighted by Crippen LogP contribution is 2.27. The lowest BCUT2D eigenvalue weighted by molar-refractivity contribution is 0.588. The number of rotatable bonds is 9. The number of benzene rings is 2. The summed E-state index contributed by atoms with van der Waals surface area (Å²) in [6.45, 7) is 1.36. The van der Waals surface area contributed by atoms with Crippen LogP contribution < -0.4 is 10.6 Å². The van der Waals surface area contributed by atoms with Gasteiger partial charge in [-0.2, -0.15) is 0 Å². The quantitative estimate of drug-likeness (QED) is 0.497. The molecule has 0 radical (unpaired) electrons. The van der Waals surface area contributed by atoms with Gasteiger partial charge < -0.3 is 10.6 Å². The first kappa shape index (κ1) is 20.5. The molecule has 0 saturated heterocycles. The molecule has 1 saturated carbocycles. The van der Waals surface area contributed by atoms with Crippen LogP contribution >= 0.6 is 0 Å².